The first-order valence-electron chi connectivity index (χ1n) is 6.60. The van der Waals surface area contributed by atoms with Crippen molar-refractivity contribution in [3.63, 3.8) is 0 Å². The number of nitrogens with one attached hydrogen (secondary N) is 1. The molecule has 0 aliphatic carbocycles. The number of amides is 1. The van der Waals surface area contributed by atoms with E-state index in [4.69, 9.17) is 34.8 Å². The molecule has 0 spiro atoms. The van der Waals surface area contributed by atoms with Crippen molar-refractivity contribution >= 4 is 46.4 Å². The van der Waals surface area contributed by atoms with Crippen LogP contribution in [0.15, 0.2) is 30.3 Å². The van der Waals surface area contributed by atoms with Crippen LogP contribution in [0.4, 0.5) is 10.1 Å². The van der Waals surface area contributed by atoms with Gasteiger partial charge in [0, 0.05) is 16.1 Å². The molecule has 0 aromatic heterocycles. The van der Waals surface area contributed by atoms with Gasteiger partial charge in [-0.3, -0.25) is 14.9 Å². The summed E-state index contributed by atoms with van der Waals surface area (Å²) < 4.78 is 13.6. The Morgan fingerprint density at radius 1 is 1.21 bits per heavy atom. The fourth-order valence-electron chi connectivity index (χ4n) is 2.07. The Bertz CT molecular complexity index is 830. The smallest absolute Gasteiger partial charge is 0.283 e. The molecule has 0 saturated carbocycles. The summed E-state index contributed by atoms with van der Waals surface area (Å²) in [4.78, 5) is 22.7. The van der Waals surface area contributed by atoms with Gasteiger partial charge in [-0.05, 0) is 36.8 Å². The summed E-state index contributed by atoms with van der Waals surface area (Å²) in [5, 5.41) is 13.7. The average molecular weight is 392 g/mol. The molecule has 2 aromatic carbocycles. The molecule has 1 N–H and O–H groups in total. The molecule has 2 rings (SSSR count). The minimum Gasteiger partial charge on any atom is -0.345 e. The molecule has 0 aliphatic rings. The number of carbonyl (C=O) groups is 1. The Morgan fingerprint density at radius 3 is 2.50 bits per heavy atom. The molecule has 1 amide bonds. The van der Waals surface area contributed by atoms with E-state index >= 15 is 0 Å². The molecule has 126 valence electrons. The van der Waals surface area contributed by atoms with E-state index in [1.807, 2.05) is 0 Å². The maximum Gasteiger partial charge on any atom is 0.283 e. The largest absolute Gasteiger partial charge is 0.345 e. The Hall–Kier alpha value is -1.89. The summed E-state index contributed by atoms with van der Waals surface area (Å²) in [6.45, 7) is 1.56. The highest BCUT2D eigenvalue weighted by Crippen LogP contribution is 2.29. The highest BCUT2D eigenvalue weighted by molar-refractivity contribution is 6.35. The SMILES string of the molecule is C[C@@H](NC(=O)c1ccc(Cl)cc1[N+](=O)[O-])c1cc(F)c(Cl)cc1Cl. The van der Waals surface area contributed by atoms with E-state index in [0.29, 0.717) is 5.56 Å². The summed E-state index contributed by atoms with van der Waals surface area (Å²) in [6, 6.07) is 5.31. The van der Waals surface area contributed by atoms with Crippen molar-refractivity contribution in [3.05, 3.63) is 72.5 Å². The number of carbonyl (C=O) groups excluding carboxylic acids is 1. The van der Waals surface area contributed by atoms with E-state index in [1.54, 1.807) is 6.92 Å². The van der Waals surface area contributed by atoms with E-state index in [9.17, 15) is 19.3 Å². The van der Waals surface area contributed by atoms with Gasteiger partial charge in [0.15, 0.2) is 0 Å². The van der Waals surface area contributed by atoms with E-state index < -0.39 is 28.4 Å². The van der Waals surface area contributed by atoms with Gasteiger partial charge in [0.1, 0.15) is 11.4 Å². The average Bonchev–Trinajstić information content (AvgIpc) is 2.50. The molecule has 0 saturated heterocycles. The zero-order chi connectivity index (χ0) is 18.0. The van der Waals surface area contributed by atoms with E-state index in [2.05, 4.69) is 5.32 Å². The lowest BCUT2D eigenvalue weighted by Crippen LogP contribution is -2.27. The van der Waals surface area contributed by atoms with Crippen LogP contribution in [0, 0.1) is 15.9 Å². The number of halogens is 4. The lowest BCUT2D eigenvalue weighted by Gasteiger charge is -2.16. The zero-order valence-corrected chi connectivity index (χ0v) is 14.4. The van der Waals surface area contributed by atoms with Crippen LogP contribution in [0.25, 0.3) is 0 Å². The van der Waals surface area contributed by atoms with Crippen LogP contribution in [0.5, 0.6) is 0 Å². The van der Waals surface area contributed by atoms with Crippen LogP contribution in [0.3, 0.4) is 0 Å². The normalized spacial score (nSPS) is 11.9. The Morgan fingerprint density at radius 2 is 1.88 bits per heavy atom. The van der Waals surface area contributed by atoms with Crippen molar-refractivity contribution in [1.82, 2.24) is 5.32 Å². The molecule has 0 unspecified atom stereocenters. The maximum absolute atomic E-state index is 13.6. The fraction of sp³-hybridized carbons (Fsp3) is 0.133. The van der Waals surface area contributed by atoms with Gasteiger partial charge in [0.05, 0.1) is 16.0 Å². The lowest BCUT2D eigenvalue weighted by molar-refractivity contribution is -0.385. The standard InChI is InChI=1S/C15H10Cl3FN2O3/c1-7(10-5-13(19)12(18)6-11(10)17)20-15(22)9-3-2-8(16)4-14(9)21(23)24/h2-7H,1H3,(H,20,22)/t7-/m1/s1. The van der Waals surface area contributed by atoms with Gasteiger partial charge in [0.2, 0.25) is 0 Å². The molecule has 0 fully saturated rings. The van der Waals surface area contributed by atoms with Crippen molar-refractivity contribution in [2.24, 2.45) is 0 Å². The maximum atomic E-state index is 13.6. The van der Waals surface area contributed by atoms with Gasteiger partial charge in [-0.1, -0.05) is 34.8 Å². The molecule has 9 heteroatoms. The second-order valence-corrected chi connectivity index (χ2v) is 6.15. The number of rotatable bonds is 4. The molecule has 2 aromatic rings. The second kappa shape index (κ2) is 7.34. The Labute approximate surface area is 151 Å². The van der Waals surface area contributed by atoms with Crippen LogP contribution in [-0.4, -0.2) is 10.8 Å². The van der Waals surface area contributed by atoms with Crippen LogP contribution < -0.4 is 5.32 Å². The van der Waals surface area contributed by atoms with Crippen LogP contribution >= 0.6 is 34.8 Å². The first kappa shape index (κ1) is 18.4. The predicted octanol–water partition coefficient (Wildman–Crippen LogP) is 5.19. The number of nitro groups is 1. The molecule has 0 heterocycles. The summed E-state index contributed by atoms with van der Waals surface area (Å²) in [5.74, 6) is -1.40. The molecule has 1 atom stereocenters. The summed E-state index contributed by atoms with van der Waals surface area (Å²) >= 11 is 17.3. The summed E-state index contributed by atoms with van der Waals surface area (Å²) in [6.07, 6.45) is 0. The summed E-state index contributed by atoms with van der Waals surface area (Å²) in [7, 11) is 0. The third-order valence-corrected chi connectivity index (χ3v) is 4.11. The van der Waals surface area contributed by atoms with Gasteiger partial charge >= 0.3 is 0 Å². The number of nitro benzene ring substituents is 1. The fourth-order valence-corrected chi connectivity index (χ4v) is 2.78. The summed E-state index contributed by atoms with van der Waals surface area (Å²) in [5.41, 5.74) is -0.300. The van der Waals surface area contributed by atoms with E-state index in [1.165, 1.54) is 18.2 Å². The molecular weight excluding hydrogens is 382 g/mol. The number of benzene rings is 2. The molecule has 0 aliphatic heterocycles. The zero-order valence-electron chi connectivity index (χ0n) is 12.1. The lowest BCUT2D eigenvalue weighted by atomic mass is 10.1. The molecule has 0 radical (unpaired) electrons. The van der Waals surface area contributed by atoms with E-state index in [0.717, 1.165) is 12.1 Å². The van der Waals surface area contributed by atoms with Crippen molar-refractivity contribution in [2.45, 2.75) is 13.0 Å². The molecule has 0 bridgehead atoms. The Kier molecular flexibility index (Phi) is 5.64. The van der Waals surface area contributed by atoms with Crippen molar-refractivity contribution in [1.29, 1.82) is 0 Å². The highest BCUT2D eigenvalue weighted by atomic mass is 35.5. The van der Waals surface area contributed by atoms with Gasteiger partial charge in [-0.2, -0.15) is 0 Å². The molecule has 5 nitrogen and oxygen atoms in total. The topological polar surface area (TPSA) is 72.2 Å². The van der Waals surface area contributed by atoms with Gasteiger partial charge < -0.3 is 5.32 Å². The van der Waals surface area contributed by atoms with Crippen LogP contribution in [0.2, 0.25) is 15.1 Å². The first-order valence-corrected chi connectivity index (χ1v) is 7.73. The molecular formula is C15H10Cl3FN2O3. The predicted molar refractivity (Wildman–Crippen MR) is 90.4 cm³/mol. The van der Waals surface area contributed by atoms with Crippen LogP contribution in [0.1, 0.15) is 28.9 Å². The van der Waals surface area contributed by atoms with Gasteiger partial charge in [-0.25, -0.2) is 4.39 Å². The third-order valence-electron chi connectivity index (χ3n) is 3.25. The van der Waals surface area contributed by atoms with Crippen molar-refractivity contribution in [3.8, 4) is 0 Å². The molecule has 24 heavy (non-hydrogen) atoms. The van der Waals surface area contributed by atoms with E-state index in [-0.39, 0.29) is 20.6 Å². The van der Waals surface area contributed by atoms with Gasteiger partial charge in [0.25, 0.3) is 11.6 Å². The minimum absolute atomic E-state index is 0.133. The number of nitrogens with zero attached hydrogens (tertiary/aromatic N) is 1. The van der Waals surface area contributed by atoms with Crippen molar-refractivity contribution < 1.29 is 14.1 Å². The third kappa shape index (κ3) is 3.95. The van der Waals surface area contributed by atoms with Gasteiger partial charge in [-0.15, -0.1) is 0 Å². The first-order chi connectivity index (χ1) is 11.2. The van der Waals surface area contributed by atoms with Crippen LogP contribution in [-0.2, 0) is 0 Å². The minimum atomic E-state index is -0.711. The highest BCUT2D eigenvalue weighted by Gasteiger charge is 2.23. The quantitative estimate of drug-likeness (QED) is 0.443. The monoisotopic (exact) mass is 390 g/mol. The second-order valence-electron chi connectivity index (χ2n) is 4.90. The van der Waals surface area contributed by atoms with Crippen molar-refractivity contribution in [2.75, 3.05) is 0 Å². The number of hydrogen-bond donors (Lipinski definition) is 1. The Balaban J connectivity index is 2.30. The number of hydrogen-bond acceptors (Lipinski definition) is 3.